The number of aliphatic hydroxyl groups excluding tert-OH is 2. The zero-order chi connectivity index (χ0) is 18.1. The Hall–Kier alpha value is -2.41. The first-order valence-corrected chi connectivity index (χ1v) is 8.21. The summed E-state index contributed by atoms with van der Waals surface area (Å²) in [6.07, 6.45) is -2.39. The summed E-state index contributed by atoms with van der Waals surface area (Å²) in [4.78, 5) is 11.0. The molecule has 0 radical (unpaired) electrons. The number of carbonyl (C=O) groups is 1. The van der Waals surface area contributed by atoms with Crippen molar-refractivity contribution in [3.8, 4) is 0 Å². The first kappa shape index (κ1) is 18.9. The lowest BCUT2D eigenvalue weighted by Crippen LogP contribution is -2.48. The van der Waals surface area contributed by atoms with Crippen molar-refractivity contribution in [2.75, 3.05) is 13.1 Å². The Morgan fingerprint density at radius 1 is 0.920 bits per heavy atom. The molecule has 6 nitrogen and oxygen atoms in total. The normalized spacial score (nSPS) is 14.5. The van der Waals surface area contributed by atoms with Gasteiger partial charge in [0.1, 0.15) is 0 Å². The molecule has 3 unspecified atom stereocenters. The van der Waals surface area contributed by atoms with Crippen LogP contribution in [-0.2, 0) is 6.42 Å². The predicted molar refractivity (Wildman–Crippen MR) is 95.4 cm³/mol. The van der Waals surface area contributed by atoms with Gasteiger partial charge in [-0.25, -0.2) is 4.79 Å². The third kappa shape index (κ3) is 6.54. The average molecular weight is 344 g/mol. The van der Waals surface area contributed by atoms with Gasteiger partial charge in [-0.2, -0.15) is 0 Å². The molecule has 3 atom stereocenters. The molecule has 0 fully saturated rings. The number of nitrogens with one attached hydrogen (secondary N) is 2. The van der Waals surface area contributed by atoms with Gasteiger partial charge in [0, 0.05) is 13.1 Å². The van der Waals surface area contributed by atoms with Gasteiger partial charge < -0.3 is 26.0 Å². The number of hydrogen-bond donors (Lipinski definition) is 5. The van der Waals surface area contributed by atoms with Gasteiger partial charge in [0.25, 0.3) is 0 Å². The fourth-order valence-electron chi connectivity index (χ4n) is 2.61. The molecule has 134 valence electrons. The molecule has 0 aromatic heterocycles. The Morgan fingerprint density at radius 3 is 2.12 bits per heavy atom. The molecule has 2 rings (SSSR count). The zero-order valence-electron chi connectivity index (χ0n) is 13.9. The molecule has 0 heterocycles. The zero-order valence-corrected chi connectivity index (χ0v) is 13.9. The Bertz CT molecular complexity index is 636. The van der Waals surface area contributed by atoms with Crippen LogP contribution >= 0.6 is 0 Å². The monoisotopic (exact) mass is 344 g/mol. The maximum atomic E-state index is 11.0. The van der Waals surface area contributed by atoms with E-state index in [1.54, 1.807) is 0 Å². The first-order chi connectivity index (χ1) is 12.1. The summed E-state index contributed by atoms with van der Waals surface area (Å²) in [6.45, 7) is 0.438. The fraction of sp³-hybridized carbons (Fsp3) is 0.316. The van der Waals surface area contributed by atoms with Crippen LogP contribution in [0.25, 0.3) is 0 Å². The Labute approximate surface area is 147 Å². The number of rotatable bonds is 9. The van der Waals surface area contributed by atoms with Gasteiger partial charge in [-0.1, -0.05) is 60.7 Å². The van der Waals surface area contributed by atoms with Crippen molar-refractivity contribution in [1.82, 2.24) is 10.6 Å². The van der Waals surface area contributed by atoms with Gasteiger partial charge in [0.05, 0.1) is 18.2 Å². The second kappa shape index (κ2) is 9.78. The highest BCUT2D eigenvalue weighted by Crippen LogP contribution is 2.11. The van der Waals surface area contributed by atoms with Crippen molar-refractivity contribution in [3.05, 3.63) is 71.8 Å². The van der Waals surface area contributed by atoms with E-state index in [2.05, 4.69) is 10.6 Å². The maximum absolute atomic E-state index is 11.0. The van der Waals surface area contributed by atoms with Crippen molar-refractivity contribution in [3.63, 3.8) is 0 Å². The molecule has 0 bridgehead atoms. The van der Waals surface area contributed by atoms with E-state index in [0.29, 0.717) is 6.42 Å². The van der Waals surface area contributed by atoms with Crippen LogP contribution in [0, 0.1) is 0 Å². The topological polar surface area (TPSA) is 102 Å². The highest BCUT2D eigenvalue weighted by Gasteiger charge is 2.21. The van der Waals surface area contributed by atoms with Crippen molar-refractivity contribution >= 4 is 6.09 Å². The second-order valence-corrected chi connectivity index (χ2v) is 5.90. The van der Waals surface area contributed by atoms with Crippen molar-refractivity contribution in [2.24, 2.45) is 0 Å². The minimum Gasteiger partial charge on any atom is -0.465 e. The van der Waals surface area contributed by atoms with E-state index < -0.39 is 24.3 Å². The molecule has 1 amide bonds. The summed E-state index contributed by atoms with van der Waals surface area (Å²) < 4.78 is 0. The minimum atomic E-state index is -1.18. The molecule has 25 heavy (non-hydrogen) atoms. The molecule has 0 aliphatic heterocycles. The summed E-state index contributed by atoms with van der Waals surface area (Å²) in [5.74, 6) is 0. The maximum Gasteiger partial charge on any atom is 0.404 e. The summed E-state index contributed by atoms with van der Waals surface area (Å²) in [5, 5.41) is 34.8. The number of hydrogen-bond acceptors (Lipinski definition) is 4. The highest BCUT2D eigenvalue weighted by molar-refractivity contribution is 5.65. The number of aliphatic hydroxyl groups is 2. The van der Waals surface area contributed by atoms with Crippen LogP contribution in [0.1, 0.15) is 17.2 Å². The van der Waals surface area contributed by atoms with Gasteiger partial charge in [0.15, 0.2) is 0 Å². The largest absolute Gasteiger partial charge is 0.465 e. The van der Waals surface area contributed by atoms with Crippen LogP contribution in [0.15, 0.2) is 60.7 Å². The smallest absolute Gasteiger partial charge is 0.404 e. The Balaban J connectivity index is 1.86. The van der Waals surface area contributed by atoms with Crippen molar-refractivity contribution in [2.45, 2.75) is 24.7 Å². The van der Waals surface area contributed by atoms with Crippen LogP contribution < -0.4 is 10.6 Å². The Kier molecular flexibility index (Phi) is 7.40. The highest BCUT2D eigenvalue weighted by atomic mass is 16.4. The van der Waals surface area contributed by atoms with Crippen LogP contribution in [0.2, 0.25) is 0 Å². The molecule has 5 N–H and O–H groups in total. The third-order valence-electron chi connectivity index (χ3n) is 3.95. The molecular formula is C19H24N2O4. The molecule has 0 aliphatic rings. The molecule has 0 aliphatic carbocycles. The lowest BCUT2D eigenvalue weighted by atomic mass is 10.0. The van der Waals surface area contributed by atoms with E-state index >= 15 is 0 Å². The van der Waals surface area contributed by atoms with Gasteiger partial charge in [0.2, 0.25) is 0 Å². The van der Waals surface area contributed by atoms with E-state index in [1.165, 1.54) is 0 Å². The van der Waals surface area contributed by atoms with Crippen molar-refractivity contribution in [1.29, 1.82) is 0 Å². The number of carboxylic acid groups (broad SMARTS) is 1. The lowest BCUT2D eigenvalue weighted by molar-refractivity contribution is 0.110. The minimum absolute atomic E-state index is 0.168. The number of amides is 1. The molecule has 0 saturated carbocycles. The molecule has 2 aromatic rings. The number of benzene rings is 2. The summed E-state index contributed by atoms with van der Waals surface area (Å²) in [5.41, 5.74) is 1.72. The van der Waals surface area contributed by atoms with E-state index in [1.807, 2.05) is 60.7 Å². The molecular weight excluding hydrogens is 320 g/mol. The molecule has 0 spiro atoms. The van der Waals surface area contributed by atoms with Crippen molar-refractivity contribution < 1.29 is 20.1 Å². The van der Waals surface area contributed by atoms with E-state index in [9.17, 15) is 15.0 Å². The van der Waals surface area contributed by atoms with Crippen LogP contribution in [0.4, 0.5) is 4.79 Å². The fourth-order valence-corrected chi connectivity index (χ4v) is 2.61. The molecule has 2 aromatic carbocycles. The van der Waals surface area contributed by atoms with Gasteiger partial charge in [-0.15, -0.1) is 0 Å². The van der Waals surface area contributed by atoms with E-state index in [-0.39, 0.29) is 13.1 Å². The summed E-state index contributed by atoms with van der Waals surface area (Å²) in [6, 6.07) is 18.0. The molecule has 0 saturated heterocycles. The van der Waals surface area contributed by atoms with Gasteiger partial charge in [-0.3, -0.25) is 0 Å². The van der Waals surface area contributed by atoms with Gasteiger partial charge in [-0.05, 0) is 17.5 Å². The second-order valence-electron chi connectivity index (χ2n) is 5.90. The SMILES string of the molecule is O=C(O)NC(Cc1ccccc1)C(O)CNCC(O)c1ccccc1. The standard InChI is InChI=1S/C19H24N2O4/c22-17(15-9-5-2-6-10-15)12-20-13-18(23)16(21-19(24)25)11-14-7-3-1-4-8-14/h1-10,16-18,20-23H,11-13H2,(H,24,25). The van der Waals surface area contributed by atoms with Crippen LogP contribution in [0.3, 0.4) is 0 Å². The van der Waals surface area contributed by atoms with Gasteiger partial charge >= 0.3 is 6.09 Å². The van der Waals surface area contributed by atoms with Crippen LogP contribution in [0.5, 0.6) is 0 Å². The van der Waals surface area contributed by atoms with E-state index in [4.69, 9.17) is 5.11 Å². The average Bonchev–Trinajstić information content (AvgIpc) is 2.62. The third-order valence-corrected chi connectivity index (χ3v) is 3.95. The quantitative estimate of drug-likeness (QED) is 0.475. The Morgan fingerprint density at radius 2 is 1.52 bits per heavy atom. The predicted octanol–water partition coefficient (Wildman–Crippen LogP) is 1.55. The lowest BCUT2D eigenvalue weighted by Gasteiger charge is -2.24. The summed E-state index contributed by atoms with van der Waals surface area (Å²) >= 11 is 0. The first-order valence-electron chi connectivity index (χ1n) is 8.21. The van der Waals surface area contributed by atoms with E-state index in [0.717, 1.165) is 11.1 Å². The summed E-state index contributed by atoms with van der Waals surface area (Å²) in [7, 11) is 0. The van der Waals surface area contributed by atoms with Crippen LogP contribution in [-0.4, -0.2) is 46.6 Å². The molecule has 6 heteroatoms.